The van der Waals surface area contributed by atoms with E-state index in [0.29, 0.717) is 11.8 Å². The van der Waals surface area contributed by atoms with Crippen molar-refractivity contribution in [3.05, 3.63) is 29.1 Å². The van der Waals surface area contributed by atoms with Gasteiger partial charge in [-0.3, -0.25) is 0 Å². The maximum atomic E-state index is 3.31. The molecule has 1 rings (SSSR count). The molecular weight excluding hydrogens is 170 g/mol. The van der Waals surface area contributed by atoms with E-state index in [1.807, 2.05) is 0 Å². The van der Waals surface area contributed by atoms with Crippen LogP contribution >= 0.6 is 0 Å². The van der Waals surface area contributed by atoms with Crippen LogP contribution in [0.3, 0.4) is 0 Å². The van der Waals surface area contributed by atoms with E-state index in [1.54, 1.807) is 0 Å². The van der Waals surface area contributed by atoms with Crippen molar-refractivity contribution in [2.45, 2.75) is 40.5 Å². The number of aromatic amines is 1. The first kappa shape index (κ1) is 11.1. The van der Waals surface area contributed by atoms with Crippen LogP contribution in [0.25, 0.3) is 6.08 Å². The maximum Gasteiger partial charge on any atom is 0.0191 e. The molecule has 1 heteroatoms. The number of rotatable bonds is 3. The summed E-state index contributed by atoms with van der Waals surface area (Å²) in [4.78, 5) is 3.31. The number of allylic oxidation sites excluding steroid dienone is 1. The van der Waals surface area contributed by atoms with E-state index in [1.165, 1.54) is 16.8 Å². The zero-order chi connectivity index (χ0) is 10.7. The van der Waals surface area contributed by atoms with E-state index in [0.717, 1.165) is 0 Å². The van der Waals surface area contributed by atoms with Crippen LogP contribution in [0.2, 0.25) is 0 Å². The summed E-state index contributed by atoms with van der Waals surface area (Å²) in [7, 11) is 0. The van der Waals surface area contributed by atoms with Crippen molar-refractivity contribution < 1.29 is 0 Å². The van der Waals surface area contributed by atoms with Crippen molar-refractivity contribution in [1.29, 1.82) is 0 Å². The Bertz CT molecular complexity index is 318. The van der Waals surface area contributed by atoms with Crippen molar-refractivity contribution in [2.24, 2.45) is 5.92 Å². The second-order valence-corrected chi connectivity index (χ2v) is 4.32. The molecule has 1 unspecified atom stereocenters. The van der Waals surface area contributed by atoms with E-state index < -0.39 is 0 Å². The lowest BCUT2D eigenvalue weighted by atomic mass is 9.89. The van der Waals surface area contributed by atoms with Gasteiger partial charge in [-0.2, -0.15) is 0 Å². The molecule has 0 aromatic carbocycles. The number of H-pyrrole nitrogens is 1. The lowest BCUT2D eigenvalue weighted by molar-refractivity contribution is 0.535. The van der Waals surface area contributed by atoms with Gasteiger partial charge in [-0.25, -0.2) is 0 Å². The Balaban J connectivity index is 3.08. The Morgan fingerprint density at radius 1 is 1.29 bits per heavy atom. The predicted molar refractivity (Wildman–Crippen MR) is 63.5 cm³/mol. The highest BCUT2D eigenvalue weighted by Gasteiger charge is 2.15. The minimum Gasteiger partial charge on any atom is -0.364 e. The van der Waals surface area contributed by atoms with Crippen LogP contribution in [0.5, 0.6) is 0 Å². The summed E-state index contributed by atoms with van der Waals surface area (Å²) < 4.78 is 0. The SMILES string of the molecule is CC=Cc1c(C(C)C(C)C)c[nH]c1C. The van der Waals surface area contributed by atoms with Crippen LogP contribution in [0.15, 0.2) is 12.3 Å². The average Bonchev–Trinajstić information content (AvgIpc) is 2.48. The normalized spacial score (nSPS) is 14.1. The third-order valence-electron chi connectivity index (χ3n) is 2.98. The molecule has 0 radical (unpaired) electrons. The zero-order valence-electron chi connectivity index (χ0n) is 9.89. The first-order valence-electron chi connectivity index (χ1n) is 5.38. The molecule has 1 aromatic rings. The van der Waals surface area contributed by atoms with Crippen LogP contribution in [-0.4, -0.2) is 4.98 Å². The van der Waals surface area contributed by atoms with Gasteiger partial charge >= 0.3 is 0 Å². The summed E-state index contributed by atoms with van der Waals surface area (Å²) in [5, 5.41) is 0. The molecule has 0 bridgehead atoms. The first-order valence-corrected chi connectivity index (χ1v) is 5.38. The molecule has 1 N–H and O–H groups in total. The molecule has 0 aliphatic heterocycles. The van der Waals surface area contributed by atoms with Crippen LogP contribution in [0.1, 0.15) is 50.4 Å². The van der Waals surface area contributed by atoms with Gasteiger partial charge in [-0.15, -0.1) is 0 Å². The molecule has 1 nitrogen and oxygen atoms in total. The van der Waals surface area contributed by atoms with Gasteiger partial charge in [0.25, 0.3) is 0 Å². The quantitative estimate of drug-likeness (QED) is 0.740. The number of nitrogens with one attached hydrogen (secondary N) is 1. The number of hydrogen-bond acceptors (Lipinski definition) is 0. The van der Waals surface area contributed by atoms with Gasteiger partial charge in [0.05, 0.1) is 0 Å². The summed E-state index contributed by atoms with van der Waals surface area (Å²) in [6.45, 7) is 11.0. The fourth-order valence-electron chi connectivity index (χ4n) is 1.68. The molecule has 1 heterocycles. The molecule has 0 aliphatic rings. The second-order valence-electron chi connectivity index (χ2n) is 4.32. The number of hydrogen-bond donors (Lipinski definition) is 1. The van der Waals surface area contributed by atoms with Gasteiger partial charge in [0.1, 0.15) is 0 Å². The van der Waals surface area contributed by atoms with Crippen LogP contribution < -0.4 is 0 Å². The van der Waals surface area contributed by atoms with Crippen molar-refractivity contribution in [1.82, 2.24) is 4.98 Å². The summed E-state index contributed by atoms with van der Waals surface area (Å²) in [5.74, 6) is 1.31. The molecule has 0 aliphatic carbocycles. The smallest absolute Gasteiger partial charge is 0.0191 e. The van der Waals surface area contributed by atoms with E-state index in [4.69, 9.17) is 0 Å². The minimum atomic E-state index is 0.617. The highest BCUT2D eigenvalue weighted by atomic mass is 14.7. The summed E-state index contributed by atoms with van der Waals surface area (Å²) >= 11 is 0. The molecule has 1 aromatic heterocycles. The average molecular weight is 191 g/mol. The number of aromatic nitrogens is 1. The molecule has 0 fully saturated rings. The van der Waals surface area contributed by atoms with Crippen molar-refractivity contribution >= 4 is 6.08 Å². The Kier molecular flexibility index (Phi) is 3.56. The lowest BCUT2D eigenvalue weighted by Gasteiger charge is -2.15. The monoisotopic (exact) mass is 191 g/mol. The summed E-state index contributed by atoms with van der Waals surface area (Å²) in [5.41, 5.74) is 4.08. The summed E-state index contributed by atoms with van der Waals surface area (Å²) in [6, 6.07) is 0. The standard InChI is InChI=1S/C13H21N/c1-6-7-12-11(5)14-8-13(12)10(4)9(2)3/h6-10,14H,1-5H3. The van der Waals surface area contributed by atoms with Crippen LogP contribution in [-0.2, 0) is 0 Å². The van der Waals surface area contributed by atoms with Gasteiger partial charge in [-0.1, -0.05) is 32.9 Å². The van der Waals surface area contributed by atoms with E-state index in [9.17, 15) is 0 Å². The van der Waals surface area contributed by atoms with E-state index in [-0.39, 0.29) is 0 Å². The van der Waals surface area contributed by atoms with Gasteiger partial charge in [-0.05, 0) is 36.8 Å². The topological polar surface area (TPSA) is 15.8 Å². The third kappa shape index (κ3) is 2.09. The fourth-order valence-corrected chi connectivity index (χ4v) is 1.68. The Labute approximate surface area is 87.2 Å². The van der Waals surface area contributed by atoms with Crippen LogP contribution in [0.4, 0.5) is 0 Å². The predicted octanol–water partition coefficient (Wildman–Crippen LogP) is 4.12. The largest absolute Gasteiger partial charge is 0.364 e. The summed E-state index contributed by atoms with van der Waals surface area (Å²) in [6.07, 6.45) is 6.45. The second kappa shape index (κ2) is 4.50. The highest BCUT2D eigenvalue weighted by molar-refractivity contribution is 5.57. The Hall–Kier alpha value is -0.980. The zero-order valence-corrected chi connectivity index (χ0v) is 9.89. The molecule has 0 spiro atoms. The molecular formula is C13H21N. The first-order chi connectivity index (χ1) is 6.57. The van der Waals surface area contributed by atoms with Crippen molar-refractivity contribution in [3.63, 3.8) is 0 Å². The van der Waals surface area contributed by atoms with Crippen LogP contribution in [0, 0.1) is 12.8 Å². The van der Waals surface area contributed by atoms with E-state index in [2.05, 4.69) is 58.0 Å². The molecule has 0 saturated heterocycles. The molecule has 0 amide bonds. The highest BCUT2D eigenvalue weighted by Crippen LogP contribution is 2.29. The van der Waals surface area contributed by atoms with E-state index >= 15 is 0 Å². The van der Waals surface area contributed by atoms with Crippen molar-refractivity contribution in [3.8, 4) is 0 Å². The molecule has 78 valence electrons. The Morgan fingerprint density at radius 3 is 2.43 bits per heavy atom. The molecule has 1 atom stereocenters. The lowest BCUT2D eigenvalue weighted by Crippen LogP contribution is -2.02. The van der Waals surface area contributed by atoms with Gasteiger partial charge in [0.15, 0.2) is 0 Å². The minimum absolute atomic E-state index is 0.617. The third-order valence-corrected chi connectivity index (χ3v) is 2.98. The maximum absolute atomic E-state index is 3.31. The Morgan fingerprint density at radius 2 is 1.93 bits per heavy atom. The van der Waals surface area contributed by atoms with Gasteiger partial charge in [0.2, 0.25) is 0 Å². The molecule has 14 heavy (non-hydrogen) atoms. The van der Waals surface area contributed by atoms with Gasteiger partial charge in [0, 0.05) is 11.9 Å². The fraction of sp³-hybridized carbons (Fsp3) is 0.538. The number of aryl methyl sites for hydroxylation is 1. The van der Waals surface area contributed by atoms with Crippen molar-refractivity contribution in [2.75, 3.05) is 0 Å². The van der Waals surface area contributed by atoms with Gasteiger partial charge < -0.3 is 4.98 Å². The molecule has 0 saturated carbocycles.